The van der Waals surface area contributed by atoms with Crippen LogP contribution in [0.3, 0.4) is 0 Å². The minimum absolute atomic E-state index is 0.0802. The van der Waals surface area contributed by atoms with E-state index in [4.69, 9.17) is 9.88 Å². The summed E-state index contributed by atoms with van der Waals surface area (Å²) in [6.07, 6.45) is 1.23. The summed E-state index contributed by atoms with van der Waals surface area (Å²) in [5, 5.41) is 17.6. The van der Waals surface area contributed by atoms with Crippen LogP contribution in [0.1, 0.15) is 0 Å². The molecule has 2 rings (SSSR count). The number of nitrogens with two attached hydrogens (primary N) is 1. The first-order valence-corrected chi connectivity index (χ1v) is 7.68. The first-order chi connectivity index (χ1) is 10.8. The van der Waals surface area contributed by atoms with Gasteiger partial charge in [0.05, 0.1) is 4.90 Å². The fourth-order valence-electron chi connectivity index (χ4n) is 1.50. The van der Waals surface area contributed by atoms with Crippen LogP contribution >= 0.6 is 0 Å². The van der Waals surface area contributed by atoms with Crippen molar-refractivity contribution in [1.29, 1.82) is 0 Å². The lowest BCUT2D eigenvalue weighted by Crippen LogP contribution is -2.23. The summed E-state index contributed by atoms with van der Waals surface area (Å²) in [5.74, 6) is -1.27. The number of nitrogens with one attached hydrogen (secondary N) is 1. The summed E-state index contributed by atoms with van der Waals surface area (Å²) < 4.78 is 28.1. The van der Waals surface area contributed by atoms with Gasteiger partial charge in [0.1, 0.15) is 12.9 Å². The van der Waals surface area contributed by atoms with Crippen molar-refractivity contribution in [2.24, 2.45) is 5.14 Å². The van der Waals surface area contributed by atoms with Crippen molar-refractivity contribution in [1.82, 2.24) is 20.2 Å². The monoisotopic (exact) mass is 340 g/mol. The van der Waals surface area contributed by atoms with Crippen LogP contribution in [-0.4, -0.2) is 47.1 Å². The van der Waals surface area contributed by atoms with Gasteiger partial charge in [0.2, 0.25) is 10.0 Å². The third-order valence-electron chi connectivity index (χ3n) is 2.51. The smallest absolute Gasteiger partial charge is 0.328 e. The fraction of sp³-hybridized carbons (Fsp3) is 0.182. The van der Waals surface area contributed by atoms with Crippen molar-refractivity contribution in [3.63, 3.8) is 0 Å². The number of esters is 1. The third-order valence-corrected chi connectivity index (χ3v) is 3.44. The highest BCUT2D eigenvalue weighted by atomic mass is 32.2. The van der Waals surface area contributed by atoms with Crippen LogP contribution in [0.15, 0.2) is 35.5 Å². The zero-order chi connectivity index (χ0) is 16.9. The van der Waals surface area contributed by atoms with E-state index < -0.39 is 28.5 Å². The van der Waals surface area contributed by atoms with Gasteiger partial charge in [0.25, 0.3) is 5.91 Å². The quantitative estimate of drug-likeness (QED) is 0.601. The molecule has 1 aromatic heterocycles. The van der Waals surface area contributed by atoms with Crippen molar-refractivity contribution in [2.45, 2.75) is 11.4 Å². The number of nitrogens with zero attached hydrogens (tertiary/aromatic N) is 4. The maximum atomic E-state index is 11.6. The molecule has 122 valence electrons. The molecule has 0 radical (unpaired) electrons. The molecule has 0 saturated heterocycles. The SMILES string of the molecule is NS(=O)(=O)c1ccc(NC(=O)COC(=O)Cn2cnnn2)cc1. The van der Waals surface area contributed by atoms with E-state index >= 15 is 0 Å². The minimum Gasteiger partial charge on any atom is -0.454 e. The first kappa shape index (κ1) is 16.5. The number of carbonyl (C=O) groups excluding carboxylic acids is 2. The second-order valence-electron chi connectivity index (χ2n) is 4.29. The Morgan fingerprint density at radius 3 is 2.52 bits per heavy atom. The molecule has 0 aliphatic carbocycles. The van der Waals surface area contributed by atoms with Crippen molar-refractivity contribution < 1.29 is 22.7 Å². The van der Waals surface area contributed by atoms with E-state index in [0.29, 0.717) is 5.69 Å². The molecule has 1 aromatic carbocycles. The summed E-state index contributed by atoms with van der Waals surface area (Å²) in [6, 6.07) is 5.21. The van der Waals surface area contributed by atoms with E-state index in [1.54, 1.807) is 0 Å². The van der Waals surface area contributed by atoms with Crippen LogP contribution in [0.4, 0.5) is 5.69 Å². The predicted molar refractivity (Wildman–Crippen MR) is 75.2 cm³/mol. The average Bonchev–Trinajstić information content (AvgIpc) is 2.98. The summed E-state index contributed by atoms with van der Waals surface area (Å²) in [6.45, 7) is -0.721. The van der Waals surface area contributed by atoms with Gasteiger partial charge in [-0.15, -0.1) is 5.10 Å². The highest BCUT2D eigenvalue weighted by Crippen LogP contribution is 2.12. The highest BCUT2D eigenvalue weighted by molar-refractivity contribution is 7.89. The molecule has 23 heavy (non-hydrogen) atoms. The molecular weight excluding hydrogens is 328 g/mol. The van der Waals surface area contributed by atoms with E-state index in [1.807, 2.05) is 0 Å². The second kappa shape index (κ2) is 6.93. The van der Waals surface area contributed by atoms with Crippen LogP contribution < -0.4 is 10.5 Å². The number of sulfonamides is 1. The van der Waals surface area contributed by atoms with Gasteiger partial charge >= 0.3 is 5.97 Å². The Kier molecular flexibility index (Phi) is 4.98. The zero-order valence-corrected chi connectivity index (χ0v) is 12.4. The van der Waals surface area contributed by atoms with Gasteiger partial charge in [-0.1, -0.05) is 0 Å². The third kappa shape index (κ3) is 5.12. The number of aromatic nitrogens is 4. The highest BCUT2D eigenvalue weighted by Gasteiger charge is 2.11. The largest absolute Gasteiger partial charge is 0.454 e. The number of anilines is 1. The van der Waals surface area contributed by atoms with Gasteiger partial charge in [-0.2, -0.15) is 0 Å². The number of hydrogen-bond donors (Lipinski definition) is 2. The molecule has 0 aliphatic rings. The van der Waals surface area contributed by atoms with Crippen LogP contribution in [0.5, 0.6) is 0 Å². The minimum atomic E-state index is -3.79. The lowest BCUT2D eigenvalue weighted by Gasteiger charge is -2.07. The molecule has 0 fully saturated rings. The van der Waals surface area contributed by atoms with E-state index in [-0.39, 0.29) is 11.4 Å². The molecule has 0 atom stereocenters. The second-order valence-corrected chi connectivity index (χ2v) is 5.85. The van der Waals surface area contributed by atoms with Gasteiger partial charge < -0.3 is 10.1 Å². The Bertz CT molecular complexity index is 787. The fourth-order valence-corrected chi connectivity index (χ4v) is 2.02. The molecule has 11 nitrogen and oxygen atoms in total. The number of carbonyl (C=O) groups is 2. The molecule has 1 amide bonds. The number of primary sulfonamides is 1. The summed E-state index contributed by atoms with van der Waals surface area (Å²) in [4.78, 5) is 23.0. The average molecular weight is 340 g/mol. The van der Waals surface area contributed by atoms with Gasteiger partial charge in [-0.25, -0.2) is 18.2 Å². The maximum Gasteiger partial charge on any atom is 0.328 e. The number of benzene rings is 1. The topological polar surface area (TPSA) is 159 Å². The van der Waals surface area contributed by atoms with Crippen molar-refractivity contribution in [3.8, 4) is 0 Å². The Balaban J connectivity index is 1.81. The molecule has 0 unspecified atom stereocenters. The first-order valence-electron chi connectivity index (χ1n) is 6.14. The molecule has 0 aliphatic heterocycles. The van der Waals surface area contributed by atoms with E-state index in [9.17, 15) is 18.0 Å². The summed E-state index contributed by atoms with van der Waals surface area (Å²) in [7, 11) is -3.79. The summed E-state index contributed by atoms with van der Waals surface area (Å²) >= 11 is 0. The number of rotatable bonds is 6. The van der Waals surface area contributed by atoms with E-state index in [2.05, 4.69) is 20.8 Å². The molecule has 2 aromatic rings. The molecule has 3 N–H and O–H groups in total. The van der Waals surface area contributed by atoms with Crippen LogP contribution in [0, 0.1) is 0 Å². The number of hydrogen-bond acceptors (Lipinski definition) is 8. The molecule has 0 bridgehead atoms. The Labute approximate surface area is 130 Å². The van der Waals surface area contributed by atoms with Gasteiger partial charge in [-0.3, -0.25) is 9.59 Å². The maximum absolute atomic E-state index is 11.6. The van der Waals surface area contributed by atoms with Gasteiger partial charge in [0.15, 0.2) is 6.61 Å². The number of ether oxygens (including phenoxy) is 1. The lowest BCUT2D eigenvalue weighted by molar-refractivity contribution is -0.148. The molecule has 1 heterocycles. The van der Waals surface area contributed by atoms with Crippen LogP contribution in [0.25, 0.3) is 0 Å². The van der Waals surface area contributed by atoms with Gasteiger partial charge in [-0.05, 0) is 34.7 Å². The standard InChI is InChI=1S/C11H12N6O5S/c12-23(20,21)9-3-1-8(2-4-9)14-10(18)6-22-11(19)5-17-7-13-15-16-17/h1-4,7H,5-6H2,(H,14,18)(H2,12,20,21). The molecule has 0 spiro atoms. The van der Waals surface area contributed by atoms with Crippen molar-refractivity contribution >= 4 is 27.6 Å². The Morgan fingerprint density at radius 1 is 1.26 bits per heavy atom. The number of tetrazole rings is 1. The summed E-state index contributed by atoms with van der Waals surface area (Å²) in [5.41, 5.74) is 0.332. The van der Waals surface area contributed by atoms with Crippen molar-refractivity contribution in [2.75, 3.05) is 11.9 Å². The Morgan fingerprint density at radius 2 is 1.96 bits per heavy atom. The molecule has 12 heteroatoms. The van der Waals surface area contributed by atoms with Gasteiger partial charge in [0, 0.05) is 5.69 Å². The lowest BCUT2D eigenvalue weighted by atomic mass is 10.3. The molecular formula is C11H12N6O5S. The Hall–Kier alpha value is -2.86. The molecule has 0 saturated carbocycles. The van der Waals surface area contributed by atoms with E-state index in [0.717, 1.165) is 4.68 Å². The van der Waals surface area contributed by atoms with Crippen LogP contribution in [0.2, 0.25) is 0 Å². The van der Waals surface area contributed by atoms with E-state index in [1.165, 1.54) is 30.6 Å². The normalized spacial score (nSPS) is 11.0. The van der Waals surface area contributed by atoms with Crippen molar-refractivity contribution in [3.05, 3.63) is 30.6 Å². The zero-order valence-electron chi connectivity index (χ0n) is 11.6. The van der Waals surface area contributed by atoms with Crippen LogP contribution in [-0.2, 0) is 30.9 Å². The predicted octanol–water partition coefficient (Wildman–Crippen LogP) is -1.50. The number of amides is 1.